The fourth-order valence-electron chi connectivity index (χ4n) is 2.52. The van der Waals surface area contributed by atoms with E-state index in [1.54, 1.807) is 12.1 Å². The first-order valence-electron chi connectivity index (χ1n) is 7.55. The van der Waals surface area contributed by atoms with Crippen LogP contribution in [0.3, 0.4) is 0 Å². The molecule has 1 aromatic carbocycles. The number of nitrogens with zero attached hydrogens (tertiary/aromatic N) is 1. The molecule has 126 valence electrons. The van der Waals surface area contributed by atoms with Gasteiger partial charge in [0.2, 0.25) is 10.0 Å². The zero-order chi connectivity index (χ0) is 16.4. The summed E-state index contributed by atoms with van der Waals surface area (Å²) < 4.78 is 37.6. The molecule has 0 radical (unpaired) electrons. The number of sulfonamides is 1. The number of hydrogen-bond acceptors (Lipinski definition) is 5. The normalized spacial score (nSPS) is 22.7. The molecule has 1 aliphatic carbocycles. The van der Waals surface area contributed by atoms with Crippen molar-refractivity contribution in [3.05, 3.63) is 24.3 Å². The van der Waals surface area contributed by atoms with E-state index >= 15 is 0 Å². The molecule has 0 spiro atoms. The van der Waals surface area contributed by atoms with Crippen molar-refractivity contribution in [2.45, 2.75) is 36.3 Å². The van der Waals surface area contributed by atoms with Gasteiger partial charge < -0.3 is 14.6 Å². The lowest BCUT2D eigenvalue weighted by Crippen LogP contribution is -2.49. The van der Waals surface area contributed by atoms with Gasteiger partial charge in [0.25, 0.3) is 0 Å². The standard InChI is InChI=1S/C15H19NO6S/c17-15(18)9-11-10-21-8-7-16(11)23(19,20)14-5-3-13(4-6-14)22-12-1-2-12/h3-6,11-12H,1-2,7-10H2,(H,17,18). The SMILES string of the molecule is O=C(O)CC1COCCN1S(=O)(=O)c1ccc(OC2CC2)cc1. The molecular formula is C15H19NO6S. The molecule has 7 nitrogen and oxygen atoms in total. The van der Waals surface area contributed by atoms with Crippen molar-refractivity contribution < 1.29 is 27.8 Å². The van der Waals surface area contributed by atoms with Crippen LogP contribution in [-0.4, -0.2) is 55.7 Å². The first kappa shape index (κ1) is 16.2. The first-order chi connectivity index (χ1) is 11.0. The minimum absolute atomic E-state index is 0.0917. The highest BCUT2D eigenvalue weighted by atomic mass is 32.2. The van der Waals surface area contributed by atoms with E-state index in [2.05, 4.69) is 0 Å². The predicted octanol–water partition coefficient (Wildman–Crippen LogP) is 1.09. The molecular weight excluding hydrogens is 322 g/mol. The van der Waals surface area contributed by atoms with Gasteiger partial charge in [-0.2, -0.15) is 4.31 Å². The second-order valence-corrected chi connectivity index (χ2v) is 7.62. The third kappa shape index (κ3) is 3.82. The molecule has 0 amide bonds. The van der Waals surface area contributed by atoms with E-state index < -0.39 is 22.0 Å². The van der Waals surface area contributed by atoms with Crippen LogP contribution in [0.25, 0.3) is 0 Å². The first-order valence-corrected chi connectivity index (χ1v) is 8.99. The number of carboxylic acid groups (broad SMARTS) is 1. The molecule has 0 aromatic heterocycles. The van der Waals surface area contributed by atoms with Crippen LogP contribution in [0, 0.1) is 0 Å². The smallest absolute Gasteiger partial charge is 0.305 e. The molecule has 8 heteroatoms. The van der Waals surface area contributed by atoms with Gasteiger partial charge in [0, 0.05) is 6.54 Å². The maximum absolute atomic E-state index is 12.8. The molecule has 3 rings (SSSR count). The Bertz CT molecular complexity index is 668. The summed E-state index contributed by atoms with van der Waals surface area (Å²) >= 11 is 0. The second-order valence-electron chi connectivity index (χ2n) is 5.73. The van der Waals surface area contributed by atoms with Crippen LogP contribution in [0.2, 0.25) is 0 Å². The van der Waals surface area contributed by atoms with E-state index in [0.29, 0.717) is 5.75 Å². The summed E-state index contributed by atoms with van der Waals surface area (Å²) in [6, 6.07) is 5.59. The molecule has 1 aromatic rings. The Labute approximate surface area is 134 Å². The van der Waals surface area contributed by atoms with E-state index in [1.165, 1.54) is 16.4 Å². The zero-order valence-corrected chi connectivity index (χ0v) is 13.4. The van der Waals surface area contributed by atoms with Gasteiger partial charge in [-0.05, 0) is 37.1 Å². The number of benzene rings is 1. The summed E-state index contributed by atoms with van der Waals surface area (Å²) in [5.74, 6) is -0.399. The van der Waals surface area contributed by atoms with E-state index in [0.717, 1.165) is 12.8 Å². The summed E-state index contributed by atoms with van der Waals surface area (Å²) in [6.07, 6.45) is 2.04. The molecule has 1 heterocycles. The average Bonchev–Trinajstić information content (AvgIpc) is 3.31. The Morgan fingerprint density at radius 3 is 2.61 bits per heavy atom. The van der Waals surface area contributed by atoms with Gasteiger partial charge in [-0.1, -0.05) is 0 Å². The van der Waals surface area contributed by atoms with E-state index in [1.807, 2.05) is 0 Å². The van der Waals surface area contributed by atoms with Crippen LogP contribution in [0.15, 0.2) is 29.2 Å². The van der Waals surface area contributed by atoms with Gasteiger partial charge >= 0.3 is 5.97 Å². The van der Waals surface area contributed by atoms with Gasteiger partial charge in [0.05, 0.1) is 36.7 Å². The van der Waals surface area contributed by atoms with Crippen molar-refractivity contribution in [2.75, 3.05) is 19.8 Å². The summed E-state index contributed by atoms with van der Waals surface area (Å²) in [6.45, 7) is 0.507. The van der Waals surface area contributed by atoms with Crippen molar-refractivity contribution >= 4 is 16.0 Å². The highest BCUT2D eigenvalue weighted by Crippen LogP contribution is 2.28. The van der Waals surface area contributed by atoms with Gasteiger partial charge in [0.15, 0.2) is 0 Å². The van der Waals surface area contributed by atoms with Gasteiger partial charge in [-0.3, -0.25) is 4.79 Å². The van der Waals surface area contributed by atoms with Crippen molar-refractivity contribution in [1.82, 2.24) is 4.31 Å². The van der Waals surface area contributed by atoms with Gasteiger partial charge in [-0.25, -0.2) is 8.42 Å². The molecule has 1 unspecified atom stereocenters. The molecule has 1 aliphatic heterocycles. The third-order valence-corrected chi connectivity index (χ3v) is 5.81. The fourth-order valence-corrected chi connectivity index (χ4v) is 4.12. The van der Waals surface area contributed by atoms with Crippen molar-refractivity contribution in [2.24, 2.45) is 0 Å². The Balaban J connectivity index is 1.79. The Hall–Kier alpha value is -1.64. The van der Waals surface area contributed by atoms with Gasteiger partial charge in [-0.15, -0.1) is 0 Å². The Morgan fingerprint density at radius 1 is 1.30 bits per heavy atom. The molecule has 1 atom stereocenters. The molecule has 1 saturated carbocycles. The lowest BCUT2D eigenvalue weighted by molar-refractivity contribution is -0.139. The van der Waals surface area contributed by atoms with Crippen LogP contribution in [-0.2, 0) is 19.6 Å². The second kappa shape index (κ2) is 6.46. The minimum Gasteiger partial charge on any atom is -0.490 e. The van der Waals surface area contributed by atoms with Gasteiger partial charge in [0.1, 0.15) is 5.75 Å². The van der Waals surface area contributed by atoms with Crippen LogP contribution < -0.4 is 4.74 Å². The highest BCUT2D eigenvalue weighted by Gasteiger charge is 2.35. The third-order valence-electron chi connectivity index (χ3n) is 3.84. The summed E-state index contributed by atoms with van der Waals surface area (Å²) in [7, 11) is -3.75. The number of aliphatic carboxylic acids is 1. The topological polar surface area (TPSA) is 93.1 Å². The predicted molar refractivity (Wildman–Crippen MR) is 80.8 cm³/mol. The number of morpholine rings is 1. The van der Waals surface area contributed by atoms with Crippen LogP contribution in [0.4, 0.5) is 0 Å². The molecule has 0 bridgehead atoms. The summed E-state index contributed by atoms with van der Waals surface area (Å²) in [4.78, 5) is 11.1. The summed E-state index contributed by atoms with van der Waals surface area (Å²) in [5, 5.41) is 8.95. The molecule has 2 aliphatic rings. The number of carbonyl (C=O) groups is 1. The lowest BCUT2D eigenvalue weighted by atomic mass is 10.2. The number of ether oxygens (including phenoxy) is 2. The number of rotatable bonds is 6. The van der Waals surface area contributed by atoms with Crippen molar-refractivity contribution in [3.8, 4) is 5.75 Å². The Morgan fingerprint density at radius 2 is 2.00 bits per heavy atom. The van der Waals surface area contributed by atoms with Crippen molar-refractivity contribution in [3.63, 3.8) is 0 Å². The van der Waals surface area contributed by atoms with Crippen molar-refractivity contribution in [1.29, 1.82) is 0 Å². The highest BCUT2D eigenvalue weighted by molar-refractivity contribution is 7.89. The zero-order valence-electron chi connectivity index (χ0n) is 12.6. The van der Waals surface area contributed by atoms with E-state index in [-0.39, 0.29) is 37.2 Å². The number of carboxylic acids is 1. The van der Waals surface area contributed by atoms with Crippen LogP contribution in [0.5, 0.6) is 5.75 Å². The molecule has 23 heavy (non-hydrogen) atoms. The maximum atomic E-state index is 12.8. The molecule has 2 fully saturated rings. The fraction of sp³-hybridized carbons (Fsp3) is 0.533. The molecule has 1 N–H and O–H groups in total. The number of hydrogen-bond donors (Lipinski definition) is 1. The van der Waals surface area contributed by atoms with Crippen LogP contribution in [0.1, 0.15) is 19.3 Å². The maximum Gasteiger partial charge on any atom is 0.305 e. The van der Waals surface area contributed by atoms with E-state index in [9.17, 15) is 13.2 Å². The Kier molecular flexibility index (Phi) is 4.56. The lowest BCUT2D eigenvalue weighted by Gasteiger charge is -2.33. The molecule has 1 saturated heterocycles. The largest absolute Gasteiger partial charge is 0.490 e. The quantitative estimate of drug-likeness (QED) is 0.833. The minimum atomic E-state index is -3.75. The summed E-state index contributed by atoms with van der Waals surface area (Å²) in [5.41, 5.74) is 0. The van der Waals surface area contributed by atoms with E-state index in [4.69, 9.17) is 14.6 Å². The average molecular weight is 341 g/mol. The monoisotopic (exact) mass is 341 g/mol. The van der Waals surface area contributed by atoms with Crippen LogP contribution >= 0.6 is 0 Å².